The van der Waals surface area contributed by atoms with Crippen molar-refractivity contribution < 1.29 is 24.2 Å². The number of hydrogen-bond acceptors (Lipinski definition) is 11. The molecule has 0 aliphatic heterocycles. The Morgan fingerprint density at radius 3 is 2.76 bits per heavy atom. The predicted molar refractivity (Wildman–Crippen MR) is 141 cm³/mol. The molecule has 2 aromatic rings. The molecule has 1 atom stereocenters. The lowest BCUT2D eigenvalue weighted by molar-refractivity contribution is -0.137. The van der Waals surface area contributed by atoms with Crippen molar-refractivity contribution in [2.45, 2.75) is 33.0 Å². The molecule has 196 valence electrons. The molecule has 0 fully saturated rings. The first-order valence-corrected chi connectivity index (χ1v) is 12.3. The van der Waals surface area contributed by atoms with Gasteiger partial charge < -0.3 is 24.8 Å². The molecule has 1 heterocycles. The molecule has 37 heavy (non-hydrogen) atoms. The molecule has 0 saturated heterocycles. The van der Waals surface area contributed by atoms with E-state index in [1.165, 1.54) is 6.08 Å². The van der Waals surface area contributed by atoms with Crippen LogP contribution in [0.4, 0.5) is 22.1 Å². The van der Waals surface area contributed by atoms with Crippen molar-refractivity contribution >= 4 is 45.5 Å². The summed E-state index contributed by atoms with van der Waals surface area (Å²) in [5.41, 5.74) is 2.41. The molecule has 12 heteroatoms. The Morgan fingerprint density at radius 2 is 2.08 bits per heavy atom. The van der Waals surface area contributed by atoms with Crippen molar-refractivity contribution in [2.24, 2.45) is 10.2 Å². The Kier molecular flexibility index (Phi) is 12.1. The van der Waals surface area contributed by atoms with Gasteiger partial charge in [0.25, 0.3) is 0 Å². The van der Waals surface area contributed by atoms with Gasteiger partial charge in [-0.3, -0.25) is 4.79 Å². The Morgan fingerprint density at radius 1 is 1.32 bits per heavy atom. The fraction of sp³-hybridized carbons (Fsp3) is 0.360. The molecule has 1 aromatic heterocycles. The lowest BCUT2D eigenvalue weighted by atomic mass is 10.2. The number of benzene rings is 1. The Bertz CT molecular complexity index is 1170. The van der Waals surface area contributed by atoms with Crippen molar-refractivity contribution in [1.82, 2.24) is 4.37 Å². The zero-order valence-electron chi connectivity index (χ0n) is 20.8. The van der Waals surface area contributed by atoms with E-state index >= 15 is 0 Å². The van der Waals surface area contributed by atoms with Gasteiger partial charge in [-0.15, -0.1) is 10.2 Å². The van der Waals surface area contributed by atoms with Crippen LogP contribution >= 0.6 is 11.5 Å². The van der Waals surface area contributed by atoms with Gasteiger partial charge in [0.15, 0.2) is 11.3 Å². The van der Waals surface area contributed by atoms with E-state index in [1.807, 2.05) is 11.8 Å². The number of nitrogens with zero attached hydrogens (tertiary/aromatic N) is 5. The van der Waals surface area contributed by atoms with E-state index in [2.05, 4.69) is 39.1 Å². The second kappa shape index (κ2) is 15.2. The fourth-order valence-electron chi connectivity index (χ4n) is 3.04. The van der Waals surface area contributed by atoms with Crippen LogP contribution in [0.2, 0.25) is 0 Å². The Labute approximate surface area is 219 Å². The van der Waals surface area contributed by atoms with Crippen LogP contribution in [0.1, 0.15) is 31.0 Å². The van der Waals surface area contributed by atoms with E-state index < -0.39 is 12.3 Å². The Balaban J connectivity index is 2.36. The summed E-state index contributed by atoms with van der Waals surface area (Å²) in [4.78, 5) is 25.7. The van der Waals surface area contributed by atoms with Gasteiger partial charge in [-0.05, 0) is 49.2 Å². The number of carbonyl (C=O) groups is 2. The van der Waals surface area contributed by atoms with Gasteiger partial charge in [0.2, 0.25) is 5.91 Å². The minimum Gasteiger partial charge on any atom is -0.461 e. The van der Waals surface area contributed by atoms with Gasteiger partial charge in [0.1, 0.15) is 23.9 Å². The maximum Gasteiger partial charge on any atom is 0.330 e. The highest BCUT2D eigenvalue weighted by Gasteiger charge is 2.15. The molecule has 0 aliphatic rings. The lowest BCUT2D eigenvalue weighted by Gasteiger charge is -2.26. The van der Waals surface area contributed by atoms with Crippen molar-refractivity contribution in [3.63, 3.8) is 0 Å². The summed E-state index contributed by atoms with van der Waals surface area (Å²) >= 11 is 1.06. The summed E-state index contributed by atoms with van der Waals surface area (Å²) in [6.07, 6.45) is 2.22. The molecule has 1 unspecified atom stereocenters. The zero-order valence-corrected chi connectivity index (χ0v) is 21.7. The Hall–Kier alpha value is -3.92. The SMILES string of the molecule is C=CC(=O)OCCN(CCOC(O)C=C)c1ccc(N=Nc2snc(C)c2C#N)c(NC(=O)CCC)c1. The van der Waals surface area contributed by atoms with Gasteiger partial charge in [0, 0.05) is 24.7 Å². The van der Waals surface area contributed by atoms with E-state index in [0.717, 1.165) is 17.6 Å². The summed E-state index contributed by atoms with van der Waals surface area (Å²) in [5.74, 6) is -0.733. The standard InChI is InChI=1S/C25H30N6O5S/c1-5-8-22(32)27-21-15-18(9-10-20(21)28-29-25-19(16-26)17(4)30-37-25)31(11-13-35-23(33)6-2)12-14-36-24(34)7-3/h6-7,9-10,15,23,33H,2-3,5,8,11-14H2,1,4H3,(H,27,32). The maximum atomic E-state index is 12.4. The molecule has 2 N–H and O–H groups in total. The van der Waals surface area contributed by atoms with E-state index in [1.54, 1.807) is 25.1 Å². The molecule has 0 spiro atoms. The number of nitriles is 1. The smallest absolute Gasteiger partial charge is 0.330 e. The number of hydrogen-bond donors (Lipinski definition) is 2. The first-order valence-electron chi connectivity index (χ1n) is 11.5. The number of rotatable bonds is 15. The van der Waals surface area contributed by atoms with Gasteiger partial charge in [0.05, 0.1) is 24.5 Å². The zero-order chi connectivity index (χ0) is 27.2. The minimum absolute atomic E-state index is 0.0789. The van der Waals surface area contributed by atoms with Gasteiger partial charge in [-0.1, -0.05) is 20.1 Å². The number of aromatic nitrogens is 1. The quantitative estimate of drug-likeness (QED) is 0.113. The molecular weight excluding hydrogens is 496 g/mol. The van der Waals surface area contributed by atoms with Gasteiger partial charge in [-0.25, -0.2) is 4.79 Å². The van der Waals surface area contributed by atoms with Crippen LogP contribution < -0.4 is 10.2 Å². The molecule has 0 aliphatic carbocycles. The molecule has 0 saturated carbocycles. The van der Waals surface area contributed by atoms with Crippen LogP contribution in [0.3, 0.4) is 0 Å². The number of aliphatic hydroxyl groups is 1. The second-order valence-corrected chi connectivity index (χ2v) is 8.37. The van der Waals surface area contributed by atoms with Crippen LogP contribution in [-0.4, -0.2) is 53.9 Å². The molecule has 0 radical (unpaired) electrons. The van der Waals surface area contributed by atoms with Crippen LogP contribution in [-0.2, 0) is 19.1 Å². The average molecular weight is 527 g/mol. The van der Waals surface area contributed by atoms with Crippen LogP contribution in [0, 0.1) is 18.3 Å². The predicted octanol–water partition coefficient (Wildman–Crippen LogP) is 4.53. The number of esters is 1. The highest BCUT2D eigenvalue weighted by atomic mass is 32.1. The number of nitrogens with one attached hydrogen (secondary N) is 1. The molecule has 1 aromatic carbocycles. The van der Waals surface area contributed by atoms with Gasteiger partial charge in [-0.2, -0.15) is 9.64 Å². The molecule has 2 rings (SSSR count). The number of anilines is 2. The van der Waals surface area contributed by atoms with Crippen molar-refractivity contribution in [2.75, 3.05) is 36.5 Å². The topological polar surface area (TPSA) is 150 Å². The third-order valence-corrected chi connectivity index (χ3v) is 5.75. The normalized spacial score (nSPS) is 11.5. The molecular formula is C25H30N6O5S. The fourth-order valence-corrected chi connectivity index (χ4v) is 3.72. The lowest BCUT2D eigenvalue weighted by Crippen LogP contribution is -2.32. The second-order valence-electron chi connectivity index (χ2n) is 7.62. The average Bonchev–Trinajstić information content (AvgIpc) is 3.25. The highest BCUT2D eigenvalue weighted by Crippen LogP contribution is 2.34. The maximum absolute atomic E-state index is 12.4. The number of aryl methyl sites for hydroxylation is 1. The summed E-state index contributed by atoms with van der Waals surface area (Å²) in [6.45, 7) is 11.4. The number of ether oxygens (including phenoxy) is 2. The monoisotopic (exact) mass is 526 g/mol. The van der Waals surface area contributed by atoms with Crippen molar-refractivity contribution in [1.29, 1.82) is 5.26 Å². The van der Waals surface area contributed by atoms with E-state index in [0.29, 0.717) is 59.3 Å². The molecule has 1 amide bonds. The summed E-state index contributed by atoms with van der Waals surface area (Å²) in [7, 11) is 0. The summed E-state index contributed by atoms with van der Waals surface area (Å²) in [5, 5.41) is 30.6. The largest absolute Gasteiger partial charge is 0.461 e. The number of amides is 1. The number of carbonyl (C=O) groups excluding carboxylic acids is 2. The van der Waals surface area contributed by atoms with E-state index in [4.69, 9.17) is 9.47 Å². The third-order valence-electron chi connectivity index (χ3n) is 4.93. The third kappa shape index (κ3) is 9.23. The first kappa shape index (κ1) is 29.3. The highest BCUT2D eigenvalue weighted by molar-refractivity contribution is 7.10. The molecule has 0 bridgehead atoms. The van der Waals surface area contributed by atoms with Crippen molar-refractivity contribution in [3.8, 4) is 6.07 Å². The van der Waals surface area contributed by atoms with Crippen LogP contribution in [0.25, 0.3) is 0 Å². The van der Waals surface area contributed by atoms with E-state index in [-0.39, 0.29) is 19.1 Å². The van der Waals surface area contributed by atoms with Gasteiger partial charge >= 0.3 is 5.97 Å². The van der Waals surface area contributed by atoms with Crippen molar-refractivity contribution in [3.05, 3.63) is 54.8 Å². The number of aliphatic hydroxyl groups excluding tert-OH is 1. The molecule has 11 nitrogen and oxygen atoms in total. The number of azo groups is 1. The van der Waals surface area contributed by atoms with E-state index in [9.17, 15) is 20.0 Å². The van der Waals surface area contributed by atoms with Crippen LogP contribution in [0.5, 0.6) is 0 Å². The summed E-state index contributed by atoms with van der Waals surface area (Å²) in [6, 6.07) is 7.25. The minimum atomic E-state index is -1.11. The van der Waals surface area contributed by atoms with Crippen LogP contribution in [0.15, 0.2) is 53.7 Å². The summed E-state index contributed by atoms with van der Waals surface area (Å²) < 4.78 is 14.5. The first-order chi connectivity index (χ1) is 17.8.